The smallest absolute Gasteiger partial charge is 0.226 e. The molecule has 0 aliphatic heterocycles. The van der Waals surface area contributed by atoms with E-state index in [1.807, 2.05) is 32.0 Å². The van der Waals surface area contributed by atoms with Gasteiger partial charge in [-0.1, -0.05) is 18.2 Å². The van der Waals surface area contributed by atoms with Gasteiger partial charge in [-0.3, -0.25) is 14.4 Å². The Labute approximate surface area is 159 Å². The van der Waals surface area contributed by atoms with E-state index in [9.17, 15) is 14.4 Å². The Morgan fingerprint density at radius 3 is 1.85 bits per heavy atom. The van der Waals surface area contributed by atoms with Crippen LogP contribution in [0.3, 0.4) is 0 Å². The van der Waals surface area contributed by atoms with Crippen LogP contribution in [0.4, 0.5) is 17.1 Å². The summed E-state index contributed by atoms with van der Waals surface area (Å²) < 4.78 is 0. The molecule has 0 spiro atoms. The van der Waals surface area contributed by atoms with E-state index in [0.717, 1.165) is 16.8 Å². The van der Waals surface area contributed by atoms with Crippen LogP contribution in [0.15, 0.2) is 42.5 Å². The topological polar surface area (TPSA) is 78.5 Å². The third kappa shape index (κ3) is 5.67. The summed E-state index contributed by atoms with van der Waals surface area (Å²) in [6, 6.07) is 12.7. The summed E-state index contributed by atoms with van der Waals surface area (Å²) >= 11 is 0. The maximum atomic E-state index is 12.3. The quantitative estimate of drug-likeness (QED) is 0.818. The molecule has 6 heteroatoms. The van der Waals surface area contributed by atoms with Crippen LogP contribution >= 0.6 is 0 Å². The van der Waals surface area contributed by atoms with Gasteiger partial charge in [0.1, 0.15) is 0 Å². The number of hydrogen-bond donors (Lipinski definition) is 2. The lowest BCUT2D eigenvalue weighted by atomic mass is 10.1. The third-order valence-corrected chi connectivity index (χ3v) is 4.14. The molecule has 2 aromatic carbocycles. The molecule has 0 atom stereocenters. The van der Waals surface area contributed by atoms with Crippen LogP contribution in [0.2, 0.25) is 0 Å². The van der Waals surface area contributed by atoms with Crippen molar-refractivity contribution < 1.29 is 14.4 Å². The van der Waals surface area contributed by atoms with Gasteiger partial charge in [-0.2, -0.15) is 0 Å². The van der Waals surface area contributed by atoms with E-state index in [1.165, 1.54) is 13.8 Å². The van der Waals surface area contributed by atoms with E-state index < -0.39 is 0 Å². The lowest BCUT2D eigenvalue weighted by Crippen LogP contribution is -2.33. The second-order valence-electron chi connectivity index (χ2n) is 6.47. The van der Waals surface area contributed by atoms with Gasteiger partial charge in [0.15, 0.2) is 0 Å². The third-order valence-electron chi connectivity index (χ3n) is 4.14. The van der Waals surface area contributed by atoms with Crippen molar-refractivity contribution in [1.29, 1.82) is 0 Å². The number of carbonyl (C=O) groups is 3. The van der Waals surface area contributed by atoms with Crippen LogP contribution in [-0.4, -0.2) is 24.3 Å². The molecule has 0 aliphatic carbocycles. The number of rotatable bonds is 6. The van der Waals surface area contributed by atoms with E-state index in [0.29, 0.717) is 17.9 Å². The van der Waals surface area contributed by atoms with Gasteiger partial charge in [-0.25, -0.2) is 0 Å². The number of para-hydroxylation sites is 1. The molecular formula is C21H25N3O3. The van der Waals surface area contributed by atoms with E-state index in [2.05, 4.69) is 10.6 Å². The molecule has 2 aromatic rings. The highest BCUT2D eigenvalue weighted by molar-refractivity contribution is 5.96. The minimum atomic E-state index is -0.181. The highest BCUT2D eigenvalue weighted by atomic mass is 16.2. The first-order valence-corrected chi connectivity index (χ1v) is 8.79. The Bertz CT molecular complexity index is 824. The number of carbonyl (C=O) groups excluding carboxylic acids is 3. The van der Waals surface area contributed by atoms with Crippen LogP contribution in [0.25, 0.3) is 0 Å². The van der Waals surface area contributed by atoms with Gasteiger partial charge in [-0.05, 0) is 49.2 Å². The number of benzene rings is 2. The van der Waals surface area contributed by atoms with E-state index >= 15 is 0 Å². The maximum absolute atomic E-state index is 12.3. The van der Waals surface area contributed by atoms with Crippen LogP contribution in [-0.2, 0) is 14.4 Å². The van der Waals surface area contributed by atoms with Gasteiger partial charge >= 0.3 is 0 Å². The van der Waals surface area contributed by atoms with Crippen molar-refractivity contribution in [1.82, 2.24) is 0 Å². The van der Waals surface area contributed by atoms with Gasteiger partial charge in [0, 0.05) is 43.9 Å². The molecule has 0 aromatic heterocycles. The standard InChI is InChI=1S/C21H25N3O3/c1-14-6-5-7-15(2)21(14)24(17(4)26)13-12-20(27)23-19-10-8-18(9-11-19)22-16(3)25/h5-11H,12-13H2,1-4H3,(H,22,25)(H,23,27). The number of nitrogens with one attached hydrogen (secondary N) is 2. The Hall–Kier alpha value is -3.15. The zero-order valence-corrected chi connectivity index (χ0v) is 16.1. The first kappa shape index (κ1) is 20.2. The first-order valence-electron chi connectivity index (χ1n) is 8.79. The van der Waals surface area contributed by atoms with E-state index in [-0.39, 0.29) is 24.1 Å². The average molecular weight is 367 g/mol. The SMILES string of the molecule is CC(=O)Nc1ccc(NC(=O)CCN(C(C)=O)c2c(C)cccc2C)cc1. The fourth-order valence-electron chi connectivity index (χ4n) is 2.94. The Kier molecular flexibility index (Phi) is 6.71. The molecule has 0 aliphatic rings. The van der Waals surface area contributed by atoms with Crippen molar-refractivity contribution in [2.45, 2.75) is 34.1 Å². The van der Waals surface area contributed by atoms with E-state index in [1.54, 1.807) is 29.2 Å². The second-order valence-corrected chi connectivity index (χ2v) is 6.47. The molecule has 0 fully saturated rings. The molecule has 3 amide bonds. The summed E-state index contributed by atoms with van der Waals surface area (Å²) in [7, 11) is 0. The molecule has 0 saturated heterocycles. The Balaban J connectivity index is 2.00. The van der Waals surface area contributed by atoms with Gasteiger partial charge in [0.2, 0.25) is 17.7 Å². The lowest BCUT2D eigenvalue weighted by molar-refractivity contribution is -0.117. The van der Waals surface area contributed by atoms with Gasteiger partial charge in [0.25, 0.3) is 0 Å². The Morgan fingerprint density at radius 2 is 1.37 bits per heavy atom. The van der Waals surface area contributed by atoms with Crippen LogP contribution in [0, 0.1) is 13.8 Å². The minimum Gasteiger partial charge on any atom is -0.326 e. The number of amides is 3. The summed E-state index contributed by atoms with van der Waals surface area (Å²) in [5.74, 6) is -0.428. The average Bonchev–Trinajstić information content (AvgIpc) is 2.58. The molecule has 2 rings (SSSR count). The van der Waals surface area contributed by atoms with Gasteiger partial charge in [-0.15, -0.1) is 0 Å². The molecule has 2 N–H and O–H groups in total. The fraction of sp³-hybridized carbons (Fsp3) is 0.286. The molecule has 0 heterocycles. The van der Waals surface area contributed by atoms with Crippen molar-refractivity contribution in [2.24, 2.45) is 0 Å². The van der Waals surface area contributed by atoms with Crippen molar-refractivity contribution in [3.8, 4) is 0 Å². The minimum absolute atomic E-state index is 0.0974. The van der Waals surface area contributed by atoms with Crippen molar-refractivity contribution in [2.75, 3.05) is 22.1 Å². The number of nitrogens with zero attached hydrogens (tertiary/aromatic N) is 1. The fourth-order valence-corrected chi connectivity index (χ4v) is 2.94. The van der Waals surface area contributed by atoms with Crippen molar-refractivity contribution in [3.63, 3.8) is 0 Å². The molecule has 6 nitrogen and oxygen atoms in total. The predicted molar refractivity (Wildman–Crippen MR) is 108 cm³/mol. The van der Waals surface area contributed by atoms with Crippen molar-refractivity contribution >= 4 is 34.8 Å². The molecular weight excluding hydrogens is 342 g/mol. The number of aryl methyl sites for hydroxylation is 2. The van der Waals surface area contributed by atoms with Crippen LogP contribution in [0.1, 0.15) is 31.4 Å². The summed E-state index contributed by atoms with van der Waals surface area (Å²) in [6.07, 6.45) is 0.181. The first-order chi connectivity index (χ1) is 12.8. The lowest BCUT2D eigenvalue weighted by Gasteiger charge is -2.25. The summed E-state index contributed by atoms with van der Waals surface area (Å²) in [5.41, 5.74) is 4.16. The number of hydrogen-bond acceptors (Lipinski definition) is 3. The highest BCUT2D eigenvalue weighted by Gasteiger charge is 2.17. The summed E-state index contributed by atoms with van der Waals surface area (Å²) in [4.78, 5) is 37.1. The largest absolute Gasteiger partial charge is 0.326 e. The van der Waals surface area contributed by atoms with Crippen molar-refractivity contribution in [3.05, 3.63) is 53.6 Å². The maximum Gasteiger partial charge on any atom is 0.226 e. The molecule has 0 unspecified atom stereocenters. The molecule has 0 saturated carbocycles. The zero-order valence-electron chi connectivity index (χ0n) is 16.1. The molecule has 0 bridgehead atoms. The normalized spacial score (nSPS) is 10.2. The van der Waals surface area contributed by atoms with Gasteiger partial charge in [0.05, 0.1) is 0 Å². The molecule has 142 valence electrons. The zero-order chi connectivity index (χ0) is 20.0. The molecule has 27 heavy (non-hydrogen) atoms. The van der Waals surface area contributed by atoms with Crippen LogP contribution in [0.5, 0.6) is 0 Å². The molecule has 0 radical (unpaired) electrons. The van der Waals surface area contributed by atoms with E-state index in [4.69, 9.17) is 0 Å². The second kappa shape index (κ2) is 8.98. The van der Waals surface area contributed by atoms with Crippen LogP contribution < -0.4 is 15.5 Å². The number of anilines is 3. The summed E-state index contributed by atoms with van der Waals surface area (Å²) in [6.45, 7) is 7.15. The van der Waals surface area contributed by atoms with Gasteiger partial charge < -0.3 is 15.5 Å². The predicted octanol–water partition coefficient (Wildman–Crippen LogP) is 3.64. The Morgan fingerprint density at radius 1 is 0.852 bits per heavy atom. The monoisotopic (exact) mass is 367 g/mol. The highest BCUT2D eigenvalue weighted by Crippen LogP contribution is 2.25. The summed E-state index contributed by atoms with van der Waals surface area (Å²) in [5, 5.41) is 5.48.